The van der Waals surface area contributed by atoms with Gasteiger partial charge in [0.1, 0.15) is 6.61 Å². The second-order valence-corrected chi connectivity index (χ2v) is 5.67. The van der Waals surface area contributed by atoms with E-state index in [1.807, 2.05) is 5.92 Å². The summed E-state index contributed by atoms with van der Waals surface area (Å²) in [5, 5.41) is 0. The monoisotopic (exact) mass is 271 g/mol. The van der Waals surface area contributed by atoms with E-state index in [1.165, 1.54) is 4.72 Å². The van der Waals surface area contributed by atoms with Crippen LogP contribution in [0.2, 0.25) is 0 Å². The normalized spacial score (nSPS) is 11.8. The van der Waals surface area contributed by atoms with Crippen molar-refractivity contribution in [2.45, 2.75) is 0 Å². The molecule has 0 aliphatic carbocycles. The van der Waals surface area contributed by atoms with Gasteiger partial charge in [-0.2, -0.15) is 8.42 Å². The van der Waals surface area contributed by atoms with Crippen LogP contribution in [0.5, 0.6) is 0 Å². The van der Waals surface area contributed by atoms with Gasteiger partial charge in [0.05, 0.1) is 0 Å². The number of carbonyl (C=O) groups is 1. The molecule has 0 aromatic carbocycles. The van der Waals surface area contributed by atoms with Crippen molar-refractivity contribution in [3.63, 3.8) is 0 Å². The van der Waals surface area contributed by atoms with Gasteiger partial charge in [-0.1, -0.05) is 5.92 Å². The van der Waals surface area contributed by atoms with E-state index >= 15 is 0 Å². The van der Waals surface area contributed by atoms with Gasteiger partial charge in [-0.05, 0) is 0 Å². The first-order chi connectivity index (χ1) is 7.31. The number of amides is 1. The fourth-order valence-corrected chi connectivity index (χ4v) is 2.30. The first-order valence-corrected chi connectivity index (χ1v) is 6.63. The Morgan fingerprint density at radius 1 is 1.44 bits per heavy atom. The molecule has 1 N–H and O–H groups in total. The summed E-state index contributed by atoms with van der Waals surface area (Å²) in [5.74, 6) is 1.88. The summed E-state index contributed by atoms with van der Waals surface area (Å²) >= 11 is 0. The van der Waals surface area contributed by atoms with E-state index < -0.39 is 30.2 Å². The predicted octanol–water partition coefficient (Wildman–Crippen LogP) is 0.0765. The van der Waals surface area contributed by atoms with Gasteiger partial charge in [0.2, 0.25) is 0 Å². The molecule has 0 unspecified atom stereocenters. The Hall–Kier alpha value is -0.910. The van der Waals surface area contributed by atoms with Crippen molar-refractivity contribution in [1.82, 2.24) is 4.72 Å². The number of nitrogens with one attached hydrogen (secondary N) is 1. The Labute approximate surface area is 93.0 Å². The summed E-state index contributed by atoms with van der Waals surface area (Å²) < 4.78 is 47.3. The highest BCUT2D eigenvalue weighted by Gasteiger charge is 2.35. The zero-order valence-electron chi connectivity index (χ0n) is 8.50. The van der Waals surface area contributed by atoms with E-state index in [4.69, 9.17) is 6.42 Å². The Bertz CT molecular complexity index is 428. The zero-order valence-corrected chi connectivity index (χ0v) is 10.2. The molecule has 0 fully saturated rings. The zero-order chi connectivity index (χ0) is 12.8. The molecule has 0 aliphatic rings. The molecular weight excluding hydrogens is 261 g/mol. The third-order valence-electron chi connectivity index (χ3n) is 1.24. The average molecular weight is 271 g/mol. The average Bonchev–Trinajstić information content (AvgIpc) is 2.24. The highest BCUT2D eigenvalue weighted by molar-refractivity contribution is 7.87. The van der Waals surface area contributed by atoms with Crippen LogP contribution in [0.3, 0.4) is 0 Å². The van der Waals surface area contributed by atoms with Crippen LogP contribution in [0.4, 0.5) is 4.79 Å². The molecule has 0 aliphatic heterocycles. The van der Waals surface area contributed by atoms with Crippen molar-refractivity contribution in [1.29, 1.82) is 0 Å². The molecular formula is C6H10NO7PS. The summed E-state index contributed by atoms with van der Waals surface area (Å²) in [7, 11) is -6.72. The third kappa shape index (κ3) is 4.30. The molecule has 10 heteroatoms. The fourth-order valence-electron chi connectivity index (χ4n) is 0.544. The highest BCUT2D eigenvalue weighted by Crippen LogP contribution is 2.46. The number of rotatable bonds is 6. The second kappa shape index (κ2) is 5.98. The van der Waals surface area contributed by atoms with E-state index in [1.54, 1.807) is 0 Å². The molecule has 0 aromatic rings. The SMILES string of the molecule is C#CCOS(=O)(=O)NC(=O)P(=O)(OC)OC. The largest absolute Gasteiger partial charge is 0.418 e. The van der Waals surface area contributed by atoms with Gasteiger partial charge in [-0.25, -0.2) is 13.5 Å². The number of hydrogen-bond acceptors (Lipinski definition) is 7. The van der Waals surface area contributed by atoms with E-state index in [2.05, 4.69) is 13.2 Å². The maximum absolute atomic E-state index is 11.4. The van der Waals surface area contributed by atoms with Crippen LogP contribution < -0.4 is 4.72 Å². The topological polar surface area (TPSA) is 108 Å². The summed E-state index contributed by atoms with van der Waals surface area (Å²) in [5.41, 5.74) is -1.46. The molecule has 92 valence electrons. The summed E-state index contributed by atoms with van der Waals surface area (Å²) in [4.78, 5) is 11.2. The van der Waals surface area contributed by atoms with Crippen LogP contribution in [0.1, 0.15) is 0 Å². The van der Waals surface area contributed by atoms with Gasteiger partial charge >= 0.3 is 23.5 Å². The lowest BCUT2D eigenvalue weighted by Gasteiger charge is -2.12. The van der Waals surface area contributed by atoms with Gasteiger partial charge < -0.3 is 9.05 Å². The van der Waals surface area contributed by atoms with Gasteiger partial charge in [-0.15, -0.1) is 6.42 Å². The van der Waals surface area contributed by atoms with Crippen molar-refractivity contribution < 1.29 is 31.0 Å². The Morgan fingerprint density at radius 3 is 2.31 bits per heavy atom. The Morgan fingerprint density at radius 2 is 1.94 bits per heavy atom. The van der Waals surface area contributed by atoms with Crippen LogP contribution in [-0.4, -0.2) is 34.9 Å². The molecule has 0 saturated heterocycles. The number of carbonyl (C=O) groups excluding carboxylic acids is 1. The molecule has 16 heavy (non-hydrogen) atoms. The van der Waals surface area contributed by atoms with Crippen LogP contribution in [0.15, 0.2) is 0 Å². The first kappa shape index (κ1) is 15.1. The predicted molar refractivity (Wildman–Crippen MR) is 53.9 cm³/mol. The molecule has 0 spiro atoms. The third-order valence-corrected chi connectivity index (χ3v) is 3.82. The summed E-state index contributed by atoms with van der Waals surface area (Å²) in [6.07, 6.45) is 4.75. The van der Waals surface area contributed by atoms with E-state index in [0.29, 0.717) is 0 Å². The lowest BCUT2D eigenvalue weighted by molar-refractivity contribution is 0.236. The quantitative estimate of drug-likeness (QED) is 0.538. The van der Waals surface area contributed by atoms with Crippen molar-refractivity contribution in [2.24, 2.45) is 0 Å². The number of hydrogen-bond donors (Lipinski definition) is 1. The molecule has 0 heterocycles. The minimum atomic E-state index is -4.42. The minimum Gasteiger partial charge on any atom is -0.305 e. The maximum atomic E-state index is 11.4. The first-order valence-electron chi connectivity index (χ1n) is 3.68. The van der Waals surface area contributed by atoms with Gasteiger partial charge in [-0.3, -0.25) is 4.79 Å². The highest BCUT2D eigenvalue weighted by atomic mass is 32.2. The van der Waals surface area contributed by atoms with E-state index in [-0.39, 0.29) is 0 Å². The van der Waals surface area contributed by atoms with Crippen molar-refractivity contribution in [3.8, 4) is 12.3 Å². The molecule has 0 rings (SSSR count). The molecule has 0 radical (unpaired) electrons. The van der Waals surface area contributed by atoms with Crippen molar-refractivity contribution in [2.75, 3.05) is 20.8 Å². The summed E-state index contributed by atoms with van der Waals surface area (Å²) in [6.45, 7) is -0.563. The van der Waals surface area contributed by atoms with E-state index in [0.717, 1.165) is 14.2 Å². The Kier molecular flexibility index (Phi) is 5.64. The van der Waals surface area contributed by atoms with Crippen LogP contribution in [0.25, 0.3) is 0 Å². The fraction of sp³-hybridized carbons (Fsp3) is 0.500. The maximum Gasteiger partial charge on any atom is 0.418 e. The van der Waals surface area contributed by atoms with Gasteiger partial charge in [0.25, 0.3) is 0 Å². The molecule has 0 aromatic heterocycles. The summed E-state index contributed by atoms with van der Waals surface area (Å²) in [6, 6.07) is 0. The van der Waals surface area contributed by atoms with Crippen LogP contribution >= 0.6 is 7.60 Å². The lowest BCUT2D eigenvalue weighted by Crippen LogP contribution is -2.31. The van der Waals surface area contributed by atoms with Crippen molar-refractivity contribution >= 4 is 23.5 Å². The standard InChI is InChI=1S/C6H10NO7PS/c1-4-5-14-16(10,11)7-6(8)15(9,12-2)13-3/h1H,5H2,2-3H3,(H,7,8). The second-order valence-electron chi connectivity index (χ2n) is 2.19. The molecule has 8 nitrogen and oxygen atoms in total. The molecule has 0 atom stereocenters. The molecule has 0 saturated carbocycles. The molecule has 0 bridgehead atoms. The van der Waals surface area contributed by atoms with Gasteiger partial charge in [0.15, 0.2) is 0 Å². The smallest absolute Gasteiger partial charge is 0.305 e. The Balaban J connectivity index is 4.70. The molecule has 1 amide bonds. The van der Waals surface area contributed by atoms with Crippen LogP contribution in [-0.2, 0) is 28.1 Å². The van der Waals surface area contributed by atoms with Crippen molar-refractivity contribution in [3.05, 3.63) is 0 Å². The minimum absolute atomic E-state index is 0.563. The number of terminal acetylenes is 1. The lowest BCUT2D eigenvalue weighted by atomic mass is 10.8. The van der Waals surface area contributed by atoms with E-state index in [9.17, 15) is 17.8 Å². The van der Waals surface area contributed by atoms with Gasteiger partial charge in [0, 0.05) is 14.2 Å². The van der Waals surface area contributed by atoms with Crippen LogP contribution in [0, 0.1) is 12.3 Å².